The number of allylic oxidation sites excluding steroid dienone is 8. The van der Waals surface area contributed by atoms with E-state index in [0.717, 1.165) is 38.5 Å². The molecule has 0 spiro atoms. The second-order valence-corrected chi connectivity index (χ2v) is 12.7. The van der Waals surface area contributed by atoms with Crippen molar-refractivity contribution in [3.05, 3.63) is 48.6 Å². The van der Waals surface area contributed by atoms with Crippen molar-refractivity contribution in [3.8, 4) is 0 Å². The minimum absolute atomic E-state index is 0.0577. The Kier molecular flexibility index (Phi) is 34.5. The van der Waals surface area contributed by atoms with E-state index in [2.05, 4.69) is 38.2 Å². The zero-order valence-electron chi connectivity index (χ0n) is 30.3. The van der Waals surface area contributed by atoms with E-state index < -0.39 is 18.7 Å². The van der Waals surface area contributed by atoms with Crippen LogP contribution in [0.25, 0.3) is 0 Å². The predicted octanol–water partition coefficient (Wildman–Crippen LogP) is 11.0. The number of unbranched alkanes of at least 4 members (excludes halogenated alkanes) is 17. The molecule has 0 bridgehead atoms. The number of hydrogen-bond acceptors (Lipinski definition) is 6. The molecule has 0 rings (SSSR count). The summed E-state index contributed by atoms with van der Waals surface area (Å²) >= 11 is 0. The first-order chi connectivity index (χ1) is 23.0. The normalized spacial score (nSPS) is 12.6. The number of hydrogen-bond donors (Lipinski definition) is 1. The first-order valence-electron chi connectivity index (χ1n) is 19.1. The molecule has 0 radical (unpaired) electrons. The Labute approximate surface area is 288 Å². The van der Waals surface area contributed by atoms with Gasteiger partial charge in [0.2, 0.25) is 0 Å². The van der Waals surface area contributed by atoms with Crippen molar-refractivity contribution in [2.24, 2.45) is 0 Å². The zero-order valence-corrected chi connectivity index (χ0v) is 30.3. The lowest BCUT2D eigenvalue weighted by Gasteiger charge is -2.15. The topological polar surface area (TPSA) is 89.9 Å². The Morgan fingerprint density at radius 2 is 1.06 bits per heavy atom. The fraction of sp³-hybridized carbons (Fsp3) is 0.732. The third kappa shape index (κ3) is 34.7. The summed E-state index contributed by atoms with van der Waals surface area (Å²) in [4.78, 5) is 36.2. The third-order valence-electron chi connectivity index (χ3n) is 8.10. The predicted molar refractivity (Wildman–Crippen MR) is 196 cm³/mol. The van der Waals surface area contributed by atoms with Gasteiger partial charge in [-0.25, -0.2) is 0 Å². The molecule has 0 unspecified atom stereocenters. The molecule has 0 saturated carbocycles. The lowest BCUT2D eigenvalue weighted by atomic mass is 10.0. The van der Waals surface area contributed by atoms with Gasteiger partial charge in [0, 0.05) is 19.3 Å². The first kappa shape index (κ1) is 44.5. The molecule has 0 aromatic carbocycles. The molecule has 0 saturated heterocycles. The van der Waals surface area contributed by atoms with Crippen molar-refractivity contribution >= 4 is 17.7 Å². The first-order valence-corrected chi connectivity index (χ1v) is 19.1. The van der Waals surface area contributed by atoms with E-state index in [9.17, 15) is 19.5 Å². The van der Waals surface area contributed by atoms with E-state index in [1.54, 1.807) is 6.08 Å². The van der Waals surface area contributed by atoms with Crippen molar-refractivity contribution in [2.75, 3.05) is 13.2 Å². The Morgan fingerprint density at radius 1 is 0.553 bits per heavy atom. The van der Waals surface area contributed by atoms with Crippen LogP contribution in [-0.4, -0.2) is 42.1 Å². The zero-order chi connectivity index (χ0) is 34.5. The maximum absolute atomic E-state index is 12.1. The van der Waals surface area contributed by atoms with Crippen molar-refractivity contribution in [3.63, 3.8) is 0 Å². The number of rotatable bonds is 34. The van der Waals surface area contributed by atoms with Crippen LogP contribution in [0.5, 0.6) is 0 Å². The third-order valence-corrected chi connectivity index (χ3v) is 8.10. The number of esters is 2. The standard InChI is InChI=1S/C41H70O6/c1-3-5-7-9-11-13-15-17-18-20-22-24-26-28-30-34-40(44)46-37-39(36-42)47-41(45)35-31-33-38(43)32-29-27-25-23-21-19-16-14-12-10-8-6-4-2/h12,14,19,21,25,27,29,32,39,42H,3-11,13,15-18,20,22-24,26,28,30-31,33-37H2,1-2H3/b14-12-,21-19-,27-25-,32-29+/t39-/m0/s1. The quantitative estimate of drug-likeness (QED) is 0.0243. The summed E-state index contributed by atoms with van der Waals surface area (Å²) in [6.07, 6.45) is 41.6. The number of carbonyl (C=O) groups is 3. The second-order valence-electron chi connectivity index (χ2n) is 12.7. The fourth-order valence-electron chi connectivity index (χ4n) is 5.15. The molecular weight excluding hydrogens is 588 g/mol. The van der Waals surface area contributed by atoms with Crippen molar-refractivity contribution in [2.45, 2.75) is 180 Å². The summed E-state index contributed by atoms with van der Waals surface area (Å²) in [5.74, 6) is -0.901. The van der Waals surface area contributed by atoms with Crippen LogP contribution in [0.15, 0.2) is 48.6 Å². The smallest absolute Gasteiger partial charge is 0.306 e. The molecular formula is C41H70O6. The average Bonchev–Trinajstić information content (AvgIpc) is 3.06. The largest absolute Gasteiger partial charge is 0.462 e. The van der Waals surface area contributed by atoms with Crippen LogP contribution in [-0.2, 0) is 23.9 Å². The molecule has 270 valence electrons. The van der Waals surface area contributed by atoms with E-state index in [4.69, 9.17) is 9.47 Å². The van der Waals surface area contributed by atoms with Gasteiger partial charge in [-0.05, 0) is 44.6 Å². The van der Waals surface area contributed by atoms with Crippen LogP contribution >= 0.6 is 0 Å². The highest BCUT2D eigenvalue weighted by Gasteiger charge is 2.16. The molecule has 0 aliphatic carbocycles. The number of ketones is 1. The molecule has 6 nitrogen and oxygen atoms in total. The second kappa shape index (κ2) is 36.4. The Morgan fingerprint density at radius 3 is 1.66 bits per heavy atom. The lowest BCUT2D eigenvalue weighted by Crippen LogP contribution is -2.28. The molecule has 1 N–H and O–H groups in total. The van der Waals surface area contributed by atoms with Crippen molar-refractivity contribution in [1.82, 2.24) is 0 Å². The van der Waals surface area contributed by atoms with Crippen LogP contribution in [0, 0.1) is 0 Å². The highest BCUT2D eigenvalue weighted by molar-refractivity contribution is 5.90. The Balaban J connectivity index is 3.77. The van der Waals surface area contributed by atoms with Crippen LogP contribution in [0.3, 0.4) is 0 Å². The molecule has 0 amide bonds. The van der Waals surface area contributed by atoms with Crippen molar-refractivity contribution in [1.29, 1.82) is 0 Å². The summed E-state index contributed by atoms with van der Waals surface area (Å²) in [6, 6.07) is 0. The number of carbonyl (C=O) groups excluding carboxylic acids is 3. The average molecular weight is 659 g/mol. The molecule has 6 heteroatoms. The molecule has 47 heavy (non-hydrogen) atoms. The Bertz CT molecular complexity index is 856. The summed E-state index contributed by atoms with van der Waals surface area (Å²) in [6.45, 7) is 3.90. The van der Waals surface area contributed by atoms with Gasteiger partial charge in [-0.2, -0.15) is 0 Å². The summed E-state index contributed by atoms with van der Waals surface area (Å²) in [5.41, 5.74) is 0. The molecule has 0 fully saturated rings. The van der Waals surface area contributed by atoms with Gasteiger partial charge in [-0.3, -0.25) is 14.4 Å². The molecule has 0 aromatic rings. The van der Waals surface area contributed by atoms with Gasteiger partial charge in [0.15, 0.2) is 11.9 Å². The van der Waals surface area contributed by atoms with E-state index in [-0.39, 0.29) is 31.2 Å². The van der Waals surface area contributed by atoms with Gasteiger partial charge >= 0.3 is 11.9 Å². The van der Waals surface area contributed by atoms with Crippen molar-refractivity contribution < 1.29 is 29.0 Å². The van der Waals surface area contributed by atoms with Crippen LogP contribution in [0.1, 0.15) is 174 Å². The Hall–Kier alpha value is -2.47. The number of aliphatic hydroxyl groups is 1. The van der Waals surface area contributed by atoms with Gasteiger partial charge in [0.05, 0.1) is 6.61 Å². The minimum Gasteiger partial charge on any atom is -0.462 e. The highest BCUT2D eigenvalue weighted by atomic mass is 16.6. The molecule has 0 aliphatic heterocycles. The van der Waals surface area contributed by atoms with Gasteiger partial charge in [-0.1, -0.05) is 159 Å². The number of aliphatic hydroxyl groups excluding tert-OH is 1. The number of ether oxygens (including phenoxy) is 2. The molecule has 0 aliphatic rings. The summed E-state index contributed by atoms with van der Waals surface area (Å²) in [7, 11) is 0. The molecule has 1 atom stereocenters. The monoisotopic (exact) mass is 659 g/mol. The van der Waals surface area contributed by atoms with Crippen LogP contribution < -0.4 is 0 Å². The molecule has 0 heterocycles. The molecule has 0 aromatic heterocycles. The summed E-state index contributed by atoms with van der Waals surface area (Å²) in [5, 5.41) is 9.52. The van der Waals surface area contributed by atoms with E-state index in [0.29, 0.717) is 12.8 Å². The lowest BCUT2D eigenvalue weighted by molar-refractivity contribution is -0.161. The van der Waals surface area contributed by atoms with Gasteiger partial charge < -0.3 is 14.6 Å². The van der Waals surface area contributed by atoms with Crippen LogP contribution in [0.2, 0.25) is 0 Å². The van der Waals surface area contributed by atoms with Gasteiger partial charge in [0.1, 0.15) is 6.61 Å². The van der Waals surface area contributed by atoms with E-state index >= 15 is 0 Å². The van der Waals surface area contributed by atoms with Gasteiger partial charge in [-0.15, -0.1) is 0 Å². The van der Waals surface area contributed by atoms with Crippen LogP contribution in [0.4, 0.5) is 0 Å². The maximum Gasteiger partial charge on any atom is 0.306 e. The van der Waals surface area contributed by atoms with E-state index in [1.807, 2.05) is 12.2 Å². The SMILES string of the molecule is CCCCC/C=C\C/C=C\C/C=C\C=C\C(=O)CCCC(=O)O[C@@H](CO)COC(=O)CCCCCCCCCCCCCCCCC. The van der Waals surface area contributed by atoms with E-state index in [1.165, 1.54) is 102 Å². The summed E-state index contributed by atoms with van der Waals surface area (Å²) < 4.78 is 10.4. The highest BCUT2D eigenvalue weighted by Crippen LogP contribution is 2.14. The van der Waals surface area contributed by atoms with Gasteiger partial charge in [0.25, 0.3) is 0 Å². The fourth-order valence-corrected chi connectivity index (χ4v) is 5.15. The minimum atomic E-state index is -0.885. The maximum atomic E-state index is 12.1.